The first-order chi connectivity index (χ1) is 8.60. The zero-order valence-electron chi connectivity index (χ0n) is 9.85. The van der Waals surface area contributed by atoms with E-state index in [1.807, 2.05) is 0 Å². The number of hydrogen-bond donors (Lipinski definition) is 2. The van der Waals surface area contributed by atoms with E-state index in [0.29, 0.717) is 16.9 Å². The van der Waals surface area contributed by atoms with Crippen molar-refractivity contribution in [3.8, 4) is 0 Å². The number of amides is 1. The predicted molar refractivity (Wildman–Crippen MR) is 65.5 cm³/mol. The van der Waals surface area contributed by atoms with E-state index in [9.17, 15) is 9.18 Å². The molecule has 0 fully saturated rings. The van der Waals surface area contributed by atoms with Gasteiger partial charge in [-0.3, -0.25) is 9.48 Å². The highest BCUT2D eigenvalue weighted by atomic mass is 19.1. The van der Waals surface area contributed by atoms with Gasteiger partial charge >= 0.3 is 0 Å². The standard InChI is InChI=1S/C12H13FN4O/c1-17-5-4-11(16-17)12(18)15-9-2-3-10(13)8(6-9)7-14/h2-6H,7,14H2,1H3,(H,15,18). The Labute approximate surface area is 103 Å². The van der Waals surface area contributed by atoms with Crippen LogP contribution < -0.4 is 11.1 Å². The summed E-state index contributed by atoms with van der Waals surface area (Å²) < 4.78 is 14.8. The summed E-state index contributed by atoms with van der Waals surface area (Å²) in [5.74, 6) is -0.724. The third kappa shape index (κ3) is 2.54. The van der Waals surface area contributed by atoms with Crippen molar-refractivity contribution in [3.63, 3.8) is 0 Å². The smallest absolute Gasteiger partial charge is 0.276 e. The van der Waals surface area contributed by atoms with E-state index in [-0.39, 0.29) is 18.3 Å². The van der Waals surface area contributed by atoms with E-state index >= 15 is 0 Å². The largest absolute Gasteiger partial charge is 0.326 e. The van der Waals surface area contributed by atoms with Crippen molar-refractivity contribution in [3.05, 3.63) is 47.5 Å². The molecule has 0 aliphatic heterocycles. The van der Waals surface area contributed by atoms with Crippen LogP contribution in [-0.4, -0.2) is 15.7 Å². The Morgan fingerprint density at radius 2 is 2.28 bits per heavy atom. The van der Waals surface area contributed by atoms with Gasteiger partial charge in [0.25, 0.3) is 5.91 Å². The first-order valence-electron chi connectivity index (χ1n) is 5.39. The minimum atomic E-state index is -0.381. The van der Waals surface area contributed by atoms with Crippen LogP contribution in [-0.2, 0) is 13.6 Å². The molecule has 0 spiro atoms. The lowest BCUT2D eigenvalue weighted by molar-refractivity contribution is 0.102. The van der Waals surface area contributed by atoms with Crippen molar-refractivity contribution >= 4 is 11.6 Å². The van der Waals surface area contributed by atoms with Gasteiger partial charge in [0.05, 0.1) is 0 Å². The van der Waals surface area contributed by atoms with Crippen molar-refractivity contribution < 1.29 is 9.18 Å². The molecule has 3 N–H and O–H groups in total. The summed E-state index contributed by atoms with van der Waals surface area (Å²) in [4.78, 5) is 11.8. The molecular formula is C12H13FN4O. The maximum atomic E-state index is 13.2. The molecule has 0 atom stereocenters. The Hall–Kier alpha value is -2.21. The second-order valence-corrected chi connectivity index (χ2v) is 3.84. The molecular weight excluding hydrogens is 235 g/mol. The van der Waals surface area contributed by atoms with Gasteiger partial charge < -0.3 is 11.1 Å². The average molecular weight is 248 g/mol. The molecule has 1 heterocycles. The van der Waals surface area contributed by atoms with Crippen LogP contribution in [0.3, 0.4) is 0 Å². The number of nitrogens with zero attached hydrogens (tertiary/aromatic N) is 2. The van der Waals surface area contributed by atoms with Crippen LogP contribution in [0.25, 0.3) is 0 Å². The number of nitrogens with one attached hydrogen (secondary N) is 1. The third-order valence-electron chi connectivity index (χ3n) is 2.47. The van der Waals surface area contributed by atoms with Crippen LogP contribution in [0.4, 0.5) is 10.1 Å². The lowest BCUT2D eigenvalue weighted by atomic mass is 10.2. The predicted octanol–water partition coefficient (Wildman–Crippen LogP) is 1.27. The molecule has 0 radical (unpaired) electrons. The Kier molecular flexibility index (Phi) is 3.38. The Bertz CT molecular complexity index is 579. The molecule has 18 heavy (non-hydrogen) atoms. The van der Waals surface area contributed by atoms with Gasteiger partial charge in [0.1, 0.15) is 5.82 Å². The first-order valence-corrected chi connectivity index (χ1v) is 5.39. The average Bonchev–Trinajstić information content (AvgIpc) is 2.78. The number of benzene rings is 1. The number of aromatic nitrogens is 2. The summed E-state index contributed by atoms with van der Waals surface area (Å²) in [6.45, 7) is 0.0825. The maximum Gasteiger partial charge on any atom is 0.276 e. The molecule has 0 aliphatic carbocycles. The fourth-order valence-corrected chi connectivity index (χ4v) is 1.54. The molecule has 94 valence electrons. The SMILES string of the molecule is Cn1ccc(C(=O)Nc2ccc(F)c(CN)c2)n1. The fourth-order valence-electron chi connectivity index (χ4n) is 1.54. The molecule has 5 nitrogen and oxygen atoms in total. The van der Waals surface area contributed by atoms with Gasteiger partial charge in [0.15, 0.2) is 5.69 Å². The monoisotopic (exact) mass is 248 g/mol. The second kappa shape index (κ2) is 4.97. The van der Waals surface area contributed by atoms with Crippen LogP contribution in [0.15, 0.2) is 30.5 Å². The van der Waals surface area contributed by atoms with Crippen molar-refractivity contribution in [1.29, 1.82) is 0 Å². The fraction of sp³-hybridized carbons (Fsp3) is 0.167. The first kappa shape index (κ1) is 12.3. The quantitative estimate of drug-likeness (QED) is 0.859. The Morgan fingerprint density at radius 1 is 1.50 bits per heavy atom. The second-order valence-electron chi connectivity index (χ2n) is 3.84. The molecule has 1 aromatic heterocycles. The van der Waals surface area contributed by atoms with Gasteiger partial charge in [-0.25, -0.2) is 4.39 Å². The number of aryl methyl sites for hydroxylation is 1. The topological polar surface area (TPSA) is 72.9 Å². The van der Waals surface area contributed by atoms with E-state index in [0.717, 1.165) is 0 Å². The summed E-state index contributed by atoms with van der Waals surface area (Å²) in [7, 11) is 1.72. The summed E-state index contributed by atoms with van der Waals surface area (Å²) in [5, 5.41) is 6.61. The molecule has 0 aliphatic rings. The molecule has 6 heteroatoms. The molecule has 2 aromatic rings. The maximum absolute atomic E-state index is 13.2. The van der Waals surface area contributed by atoms with Gasteiger partial charge in [-0.05, 0) is 24.3 Å². The lowest BCUT2D eigenvalue weighted by Crippen LogP contribution is -2.13. The molecule has 2 rings (SSSR count). The van der Waals surface area contributed by atoms with Crippen LogP contribution in [0.2, 0.25) is 0 Å². The summed E-state index contributed by atoms with van der Waals surface area (Å²) in [6.07, 6.45) is 1.67. The molecule has 0 saturated heterocycles. The van der Waals surface area contributed by atoms with Crippen molar-refractivity contribution in [2.24, 2.45) is 12.8 Å². The van der Waals surface area contributed by atoms with E-state index in [1.54, 1.807) is 19.3 Å². The highest BCUT2D eigenvalue weighted by Gasteiger charge is 2.10. The highest BCUT2D eigenvalue weighted by Crippen LogP contribution is 2.15. The minimum absolute atomic E-state index is 0.0825. The summed E-state index contributed by atoms with van der Waals surface area (Å²) in [6, 6.07) is 5.87. The highest BCUT2D eigenvalue weighted by molar-refractivity contribution is 6.02. The lowest BCUT2D eigenvalue weighted by Gasteiger charge is -2.06. The zero-order chi connectivity index (χ0) is 13.1. The molecule has 0 bridgehead atoms. The van der Waals surface area contributed by atoms with Gasteiger partial charge in [-0.2, -0.15) is 5.10 Å². The molecule has 1 amide bonds. The van der Waals surface area contributed by atoms with Gasteiger partial charge in [0.2, 0.25) is 0 Å². The number of carbonyl (C=O) groups is 1. The van der Waals surface area contributed by atoms with E-state index in [2.05, 4.69) is 10.4 Å². The van der Waals surface area contributed by atoms with E-state index < -0.39 is 0 Å². The van der Waals surface area contributed by atoms with Gasteiger partial charge in [-0.15, -0.1) is 0 Å². The van der Waals surface area contributed by atoms with Crippen LogP contribution >= 0.6 is 0 Å². The van der Waals surface area contributed by atoms with Crippen LogP contribution in [0.5, 0.6) is 0 Å². The van der Waals surface area contributed by atoms with Crippen molar-refractivity contribution in [2.75, 3.05) is 5.32 Å². The molecule has 0 saturated carbocycles. The third-order valence-corrected chi connectivity index (χ3v) is 2.47. The number of rotatable bonds is 3. The van der Waals surface area contributed by atoms with E-state index in [1.165, 1.54) is 22.9 Å². The number of carbonyl (C=O) groups excluding carboxylic acids is 1. The summed E-state index contributed by atoms with van der Waals surface area (Å²) >= 11 is 0. The normalized spacial score (nSPS) is 10.4. The molecule has 0 unspecified atom stereocenters. The van der Waals surface area contributed by atoms with Crippen molar-refractivity contribution in [2.45, 2.75) is 6.54 Å². The number of halogens is 1. The van der Waals surface area contributed by atoms with Gasteiger partial charge in [0, 0.05) is 31.0 Å². The van der Waals surface area contributed by atoms with Crippen LogP contribution in [0, 0.1) is 5.82 Å². The number of nitrogens with two attached hydrogens (primary N) is 1. The van der Waals surface area contributed by atoms with E-state index in [4.69, 9.17) is 5.73 Å². The number of anilines is 1. The van der Waals surface area contributed by atoms with Gasteiger partial charge in [-0.1, -0.05) is 0 Å². The number of hydrogen-bond acceptors (Lipinski definition) is 3. The summed E-state index contributed by atoms with van der Waals surface area (Å²) in [5.41, 5.74) is 6.55. The van der Waals surface area contributed by atoms with Crippen LogP contribution in [0.1, 0.15) is 16.1 Å². The Balaban J connectivity index is 2.16. The Morgan fingerprint density at radius 3 is 2.89 bits per heavy atom. The zero-order valence-corrected chi connectivity index (χ0v) is 9.85. The minimum Gasteiger partial charge on any atom is -0.326 e. The molecule has 1 aromatic carbocycles. The van der Waals surface area contributed by atoms with Crippen molar-refractivity contribution in [1.82, 2.24) is 9.78 Å².